The maximum atomic E-state index is 6.25. The number of benzene rings is 1. The van der Waals surface area contributed by atoms with Crippen LogP contribution in [0.4, 0.5) is 0 Å². The molecular weight excluding hydrogens is 275 g/mol. The van der Waals surface area contributed by atoms with Crippen molar-refractivity contribution in [3.05, 3.63) is 59.7 Å². The first kappa shape index (κ1) is 18.3. The molecular formula is C17H24Cl2. The standard InChI is InChI=1S/C12H12Cl2.C3H6.C2H6/c1-2-3-8-6-12(14)11-7-9(13)4-5-10(8)11;1-3-2;1-2/h2,4-5,7-8,12H,1,3,6H2;3H,1H2,2H3;1-2H3. The van der Waals surface area contributed by atoms with Gasteiger partial charge in [0.05, 0.1) is 5.38 Å². The van der Waals surface area contributed by atoms with Crippen molar-refractivity contribution in [3.8, 4) is 0 Å². The molecule has 0 fully saturated rings. The zero-order valence-electron chi connectivity index (χ0n) is 12.1. The van der Waals surface area contributed by atoms with Crippen LogP contribution in [0.15, 0.2) is 43.5 Å². The Hall–Kier alpha value is -0.720. The Labute approximate surface area is 128 Å². The van der Waals surface area contributed by atoms with Gasteiger partial charge in [-0.25, -0.2) is 0 Å². The van der Waals surface area contributed by atoms with Gasteiger partial charge in [-0.2, -0.15) is 0 Å². The predicted molar refractivity (Wildman–Crippen MR) is 89.4 cm³/mol. The summed E-state index contributed by atoms with van der Waals surface area (Å²) in [6.45, 7) is 13.0. The summed E-state index contributed by atoms with van der Waals surface area (Å²) in [6, 6.07) is 6.01. The number of rotatable bonds is 2. The topological polar surface area (TPSA) is 0 Å². The van der Waals surface area contributed by atoms with E-state index >= 15 is 0 Å². The van der Waals surface area contributed by atoms with Crippen molar-refractivity contribution < 1.29 is 0 Å². The van der Waals surface area contributed by atoms with Gasteiger partial charge >= 0.3 is 0 Å². The summed E-state index contributed by atoms with van der Waals surface area (Å²) in [4.78, 5) is 0. The maximum Gasteiger partial charge on any atom is 0.0594 e. The monoisotopic (exact) mass is 298 g/mol. The minimum atomic E-state index is 0.119. The van der Waals surface area contributed by atoms with Crippen molar-refractivity contribution in [2.45, 2.75) is 44.9 Å². The van der Waals surface area contributed by atoms with Crippen LogP contribution in [0.2, 0.25) is 5.02 Å². The molecule has 0 bridgehead atoms. The normalized spacial score (nSPS) is 19.2. The molecule has 0 aromatic heterocycles. The molecule has 0 nitrogen and oxygen atoms in total. The van der Waals surface area contributed by atoms with E-state index < -0.39 is 0 Å². The molecule has 0 saturated carbocycles. The Bertz CT molecular complexity index is 396. The molecule has 1 aliphatic rings. The van der Waals surface area contributed by atoms with E-state index in [1.54, 1.807) is 6.08 Å². The Balaban J connectivity index is 0.000000573. The number of alkyl halides is 1. The molecule has 19 heavy (non-hydrogen) atoms. The molecule has 0 radical (unpaired) electrons. The molecule has 2 heteroatoms. The van der Waals surface area contributed by atoms with Crippen molar-refractivity contribution >= 4 is 23.2 Å². The molecule has 1 aromatic carbocycles. The van der Waals surface area contributed by atoms with E-state index in [9.17, 15) is 0 Å². The average molecular weight is 299 g/mol. The van der Waals surface area contributed by atoms with Crippen LogP contribution in [-0.4, -0.2) is 0 Å². The predicted octanol–water partition coefficient (Wildman–Crippen LogP) is 6.90. The lowest BCUT2D eigenvalue weighted by molar-refractivity contribution is 0.679. The third kappa shape index (κ3) is 5.42. The molecule has 0 spiro atoms. The van der Waals surface area contributed by atoms with E-state index in [-0.39, 0.29) is 5.38 Å². The third-order valence-corrected chi connectivity index (χ3v) is 3.42. The molecule has 0 N–H and O–H groups in total. The van der Waals surface area contributed by atoms with Crippen LogP contribution in [0.25, 0.3) is 0 Å². The lowest BCUT2D eigenvalue weighted by Crippen LogP contribution is -1.90. The molecule has 1 aromatic rings. The van der Waals surface area contributed by atoms with E-state index in [1.807, 2.05) is 39.0 Å². The number of allylic oxidation sites excluding steroid dienone is 2. The summed E-state index contributed by atoms with van der Waals surface area (Å²) >= 11 is 12.2. The number of hydrogen-bond donors (Lipinski definition) is 0. The Morgan fingerprint density at radius 2 is 1.84 bits per heavy atom. The highest BCUT2D eigenvalue weighted by Gasteiger charge is 2.28. The number of fused-ring (bicyclic) bond motifs is 1. The van der Waals surface area contributed by atoms with Crippen LogP contribution in [0.3, 0.4) is 0 Å². The van der Waals surface area contributed by atoms with Crippen molar-refractivity contribution in [3.63, 3.8) is 0 Å². The lowest BCUT2D eigenvalue weighted by atomic mass is 9.98. The molecule has 0 heterocycles. The SMILES string of the molecule is C=CC.C=CCC1CC(Cl)c2cc(Cl)ccc21.CC. The van der Waals surface area contributed by atoms with Crippen LogP contribution in [0.1, 0.15) is 56.0 Å². The van der Waals surface area contributed by atoms with E-state index in [1.165, 1.54) is 11.1 Å². The minimum absolute atomic E-state index is 0.119. The van der Waals surface area contributed by atoms with Crippen LogP contribution in [0.5, 0.6) is 0 Å². The van der Waals surface area contributed by atoms with E-state index in [2.05, 4.69) is 19.2 Å². The molecule has 2 unspecified atom stereocenters. The summed E-state index contributed by atoms with van der Waals surface area (Å²) in [6.07, 6.45) is 5.71. The largest absolute Gasteiger partial charge is 0.118 e. The lowest BCUT2D eigenvalue weighted by Gasteiger charge is -2.07. The quantitative estimate of drug-likeness (QED) is 0.411. The summed E-state index contributed by atoms with van der Waals surface area (Å²) in [7, 11) is 0. The first-order valence-electron chi connectivity index (χ1n) is 6.75. The Morgan fingerprint density at radius 3 is 2.37 bits per heavy atom. The van der Waals surface area contributed by atoms with E-state index in [4.69, 9.17) is 23.2 Å². The molecule has 1 aliphatic carbocycles. The van der Waals surface area contributed by atoms with Crippen molar-refractivity contribution in [2.75, 3.05) is 0 Å². The first-order chi connectivity index (χ1) is 9.13. The van der Waals surface area contributed by atoms with Crippen LogP contribution in [0, 0.1) is 0 Å². The molecule has 2 atom stereocenters. The summed E-state index contributed by atoms with van der Waals surface area (Å²) in [5.41, 5.74) is 2.54. The van der Waals surface area contributed by atoms with Crippen LogP contribution >= 0.6 is 23.2 Å². The maximum absolute atomic E-state index is 6.25. The molecule has 0 amide bonds. The Morgan fingerprint density at radius 1 is 1.26 bits per heavy atom. The highest BCUT2D eigenvalue weighted by atomic mass is 35.5. The third-order valence-electron chi connectivity index (χ3n) is 2.77. The second-order valence-corrected chi connectivity index (χ2v) is 5.07. The fourth-order valence-electron chi connectivity index (χ4n) is 2.12. The smallest absolute Gasteiger partial charge is 0.0594 e. The van der Waals surface area contributed by atoms with E-state index in [0.717, 1.165) is 17.9 Å². The van der Waals surface area contributed by atoms with Gasteiger partial charge in [0.25, 0.3) is 0 Å². The van der Waals surface area contributed by atoms with Gasteiger partial charge in [-0.1, -0.05) is 43.7 Å². The second-order valence-electron chi connectivity index (χ2n) is 4.11. The molecule has 2 rings (SSSR count). The van der Waals surface area contributed by atoms with Gasteiger partial charge in [-0.05, 0) is 48.9 Å². The van der Waals surface area contributed by atoms with Crippen molar-refractivity contribution in [1.29, 1.82) is 0 Å². The van der Waals surface area contributed by atoms with Gasteiger partial charge in [0.2, 0.25) is 0 Å². The zero-order chi connectivity index (χ0) is 14.8. The Kier molecular flexibility index (Phi) is 9.73. The van der Waals surface area contributed by atoms with Gasteiger partial charge in [0, 0.05) is 5.02 Å². The minimum Gasteiger partial charge on any atom is -0.118 e. The van der Waals surface area contributed by atoms with E-state index in [0.29, 0.717) is 5.92 Å². The first-order valence-corrected chi connectivity index (χ1v) is 7.56. The number of halogens is 2. The fraction of sp³-hybridized carbons (Fsp3) is 0.412. The zero-order valence-corrected chi connectivity index (χ0v) is 13.6. The highest BCUT2D eigenvalue weighted by molar-refractivity contribution is 6.31. The fourth-order valence-corrected chi connectivity index (χ4v) is 2.70. The molecule has 0 saturated heterocycles. The van der Waals surface area contributed by atoms with Gasteiger partial charge in [0.1, 0.15) is 0 Å². The second kappa shape index (κ2) is 10.1. The van der Waals surface area contributed by atoms with Gasteiger partial charge < -0.3 is 0 Å². The highest BCUT2D eigenvalue weighted by Crippen LogP contribution is 2.46. The average Bonchev–Trinajstić information content (AvgIpc) is 2.70. The van der Waals surface area contributed by atoms with Gasteiger partial charge in [0.15, 0.2) is 0 Å². The summed E-state index contributed by atoms with van der Waals surface area (Å²) < 4.78 is 0. The molecule has 106 valence electrons. The van der Waals surface area contributed by atoms with Crippen molar-refractivity contribution in [1.82, 2.24) is 0 Å². The van der Waals surface area contributed by atoms with Gasteiger partial charge in [-0.3, -0.25) is 0 Å². The summed E-state index contributed by atoms with van der Waals surface area (Å²) in [5.74, 6) is 0.530. The van der Waals surface area contributed by atoms with Crippen LogP contribution in [-0.2, 0) is 0 Å². The van der Waals surface area contributed by atoms with Gasteiger partial charge in [-0.15, -0.1) is 24.8 Å². The number of hydrogen-bond acceptors (Lipinski definition) is 0. The summed E-state index contributed by atoms with van der Waals surface area (Å²) in [5, 5.41) is 0.891. The van der Waals surface area contributed by atoms with Crippen LogP contribution < -0.4 is 0 Å². The molecule has 0 aliphatic heterocycles. The van der Waals surface area contributed by atoms with Crippen molar-refractivity contribution in [2.24, 2.45) is 0 Å².